The van der Waals surface area contributed by atoms with Gasteiger partial charge in [0.25, 0.3) is 0 Å². The van der Waals surface area contributed by atoms with Gasteiger partial charge < -0.3 is 5.11 Å². The number of rotatable bonds is 1. The topological polar surface area (TPSA) is 37.3 Å². The Morgan fingerprint density at radius 2 is 2.21 bits per heavy atom. The van der Waals surface area contributed by atoms with Crippen LogP contribution in [-0.2, 0) is 0 Å². The molecule has 0 saturated carbocycles. The Morgan fingerprint density at radius 1 is 1.50 bits per heavy atom. The second-order valence-corrected chi connectivity index (χ2v) is 3.90. The molecular formula is C10H7FO2S. The van der Waals surface area contributed by atoms with Crippen LogP contribution < -0.4 is 0 Å². The lowest BCUT2D eigenvalue weighted by atomic mass is 10.1. The second kappa shape index (κ2) is 3.06. The number of aryl methyl sites for hydroxylation is 1. The molecule has 0 bridgehead atoms. The number of carbonyl (C=O) groups is 1. The van der Waals surface area contributed by atoms with Crippen molar-refractivity contribution in [1.29, 1.82) is 0 Å². The van der Waals surface area contributed by atoms with E-state index in [1.54, 1.807) is 12.3 Å². The SMILES string of the molecule is Cc1csc2c(F)ccc(C(=O)O)c12. The molecule has 0 saturated heterocycles. The van der Waals surface area contributed by atoms with Gasteiger partial charge in [0.05, 0.1) is 10.3 Å². The zero-order valence-electron chi connectivity index (χ0n) is 7.37. The summed E-state index contributed by atoms with van der Waals surface area (Å²) in [6.45, 7) is 1.78. The Kier molecular flexibility index (Phi) is 2.00. The first kappa shape index (κ1) is 9.15. The molecule has 0 fully saturated rings. The van der Waals surface area contributed by atoms with Gasteiger partial charge in [0.15, 0.2) is 0 Å². The molecule has 0 aliphatic rings. The molecule has 0 aliphatic carbocycles. The van der Waals surface area contributed by atoms with E-state index in [0.717, 1.165) is 5.56 Å². The summed E-state index contributed by atoms with van der Waals surface area (Å²) >= 11 is 1.23. The molecule has 0 unspecified atom stereocenters. The van der Waals surface area contributed by atoms with Gasteiger partial charge >= 0.3 is 5.97 Å². The molecule has 1 aromatic heterocycles. The van der Waals surface area contributed by atoms with E-state index in [1.165, 1.54) is 23.5 Å². The molecule has 0 amide bonds. The van der Waals surface area contributed by atoms with E-state index in [2.05, 4.69) is 0 Å². The first-order valence-electron chi connectivity index (χ1n) is 4.01. The fraction of sp³-hybridized carbons (Fsp3) is 0.100. The summed E-state index contributed by atoms with van der Waals surface area (Å²) in [5.74, 6) is -1.38. The third-order valence-electron chi connectivity index (χ3n) is 2.09. The van der Waals surface area contributed by atoms with Crippen molar-refractivity contribution in [2.45, 2.75) is 6.92 Å². The van der Waals surface area contributed by atoms with Crippen molar-refractivity contribution < 1.29 is 14.3 Å². The van der Waals surface area contributed by atoms with Crippen LogP contribution in [0.5, 0.6) is 0 Å². The summed E-state index contributed by atoms with van der Waals surface area (Å²) < 4.78 is 13.7. The molecule has 2 rings (SSSR count). The average Bonchev–Trinajstić information content (AvgIpc) is 2.50. The maximum Gasteiger partial charge on any atom is 0.336 e. The van der Waals surface area contributed by atoms with Crippen LogP contribution in [0.15, 0.2) is 17.5 Å². The molecular weight excluding hydrogens is 203 g/mol. The molecule has 72 valence electrons. The molecule has 2 nitrogen and oxygen atoms in total. The number of aromatic carboxylic acids is 1. The highest BCUT2D eigenvalue weighted by molar-refractivity contribution is 7.17. The molecule has 0 atom stereocenters. The Morgan fingerprint density at radius 3 is 2.86 bits per heavy atom. The van der Waals surface area contributed by atoms with Crippen LogP contribution in [0.4, 0.5) is 4.39 Å². The van der Waals surface area contributed by atoms with Gasteiger partial charge in [0.2, 0.25) is 0 Å². The largest absolute Gasteiger partial charge is 0.478 e. The number of hydrogen-bond acceptors (Lipinski definition) is 2. The first-order chi connectivity index (χ1) is 6.61. The van der Waals surface area contributed by atoms with E-state index in [4.69, 9.17) is 5.11 Å². The first-order valence-corrected chi connectivity index (χ1v) is 4.89. The monoisotopic (exact) mass is 210 g/mol. The lowest BCUT2D eigenvalue weighted by Crippen LogP contribution is -1.97. The Balaban J connectivity index is 2.92. The predicted molar refractivity (Wildman–Crippen MR) is 53.5 cm³/mol. The summed E-state index contributed by atoms with van der Waals surface area (Å²) in [5.41, 5.74) is 0.974. The van der Waals surface area contributed by atoms with Crippen molar-refractivity contribution in [2.24, 2.45) is 0 Å². The zero-order valence-corrected chi connectivity index (χ0v) is 8.19. The molecule has 1 aromatic carbocycles. The normalized spacial score (nSPS) is 10.7. The molecule has 1 N–H and O–H groups in total. The summed E-state index contributed by atoms with van der Waals surface area (Å²) in [4.78, 5) is 10.9. The Labute approximate surface area is 83.6 Å². The molecule has 0 radical (unpaired) electrons. The number of carboxylic acids is 1. The van der Waals surface area contributed by atoms with Crippen LogP contribution in [0.2, 0.25) is 0 Å². The van der Waals surface area contributed by atoms with Crippen LogP contribution >= 0.6 is 11.3 Å². The van der Waals surface area contributed by atoms with E-state index in [-0.39, 0.29) is 11.4 Å². The standard InChI is InChI=1S/C10H7FO2S/c1-5-4-14-9-7(11)3-2-6(8(5)9)10(12)13/h2-4H,1H3,(H,12,13). The minimum absolute atomic E-state index is 0.167. The fourth-order valence-electron chi connectivity index (χ4n) is 1.45. The van der Waals surface area contributed by atoms with Gasteiger partial charge in [-0.1, -0.05) is 0 Å². The van der Waals surface area contributed by atoms with Gasteiger partial charge in [-0.15, -0.1) is 11.3 Å². The highest BCUT2D eigenvalue weighted by Gasteiger charge is 2.14. The summed E-state index contributed by atoms with van der Waals surface area (Å²) in [6.07, 6.45) is 0. The van der Waals surface area contributed by atoms with Gasteiger partial charge in [0.1, 0.15) is 5.82 Å². The molecule has 1 heterocycles. The van der Waals surface area contributed by atoms with Crippen LogP contribution in [0.25, 0.3) is 10.1 Å². The number of halogens is 1. The third-order valence-corrected chi connectivity index (χ3v) is 3.19. The molecule has 14 heavy (non-hydrogen) atoms. The van der Waals surface area contributed by atoms with Crippen LogP contribution in [0, 0.1) is 12.7 Å². The maximum atomic E-state index is 13.3. The van der Waals surface area contributed by atoms with Crippen molar-refractivity contribution in [2.75, 3.05) is 0 Å². The van der Waals surface area contributed by atoms with Crippen molar-refractivity contribution in [3.05, 3.63) is 34.5 Å². The maximum absolute atomic E-state index is 13.3. The average molecular weight is 210 g/mol. The smallest absolute Gasteiger partial charge is 0.336 e. The van der Waals surface area contributed by atoms with E-state index in [1.807, 2.05) is 0 Å². The van der Waals surface area contributed by atoms with E-state index in [0.29, 0.717) is 10.1 Å². The fourth-order valence-corrected chi connectivity index (χ4v) is 2.43. The van der Waals surface area contributed by atoms with Gasteiger partial charge in [-0.2, -0.15) is 0 Å². The van der Waals surface area contributed by atoms with E-state index < -0.39 is 5.97 Å². The highest BCUT2D eigenvalue weighted by atomic mass is 32.1. The van der Waals surface area contributed by atoms with Crippen molar-refractivity contribution in [1.82, 2.24) is 0 Å². The van der Waals surface area contributed by atoms with Crippen molar-refractivity contribution in [3.63, 3.8) is 0 Å². The number of hydrogen-bond donors (Lipinski definition) is 1. The lowest BCUT2D eigenvalue weighted by Gasteiger charge is -1.99. The predicted octanol–water partition coefficient (Wildman–Crippen LogP) is 3.05. The third kappa shape index (κ3) is 1.19. The number of benzene rings is 1. The minimum atomic E-state index is -1.02. The molecule has 0 spiro atoms. The quantitative estimate of drug-likeness (QED) is 0.785. The van der Waals surface area contributed by atoms with E-state index >= 15 is 0 Å². The summed E-state index contributed by atoms with van der Waals surface area (Å²) in [7, 11) is 0. The van der Waals surface area contributed by atoms with Gasteiger partial charge in [-0.3, -0.25) is 0 Å². The van der Waals surface area contributed by atoms with Crippen molar-refractivity contribution >= 4 is 27.4 Å². The second-order valence-electron chi connectivity index (χ2n) is 3.02. The van der Waals surface area contributed by atoms with Crippen LogP contribution in [0.1, 0.15) is 15.9 Å². The number of fused-ring (bicyclic) bond motifs is 1. The number of thiophene rings is 1. The van der Waals surface area contributed by atoms with Crippen molar-refractivity contribution in [3.8, 4) is 0 Å². The molecule has 4 heteroatoms. The van der Waals surface area contributed by atoms with Crippen LogP contribution in [0.3, 0.4) is 0 Å². The molecule has 0 aliphatic heterocycles. The van der Waals surface area contributed by atoms with Gasteiger partial charge in [0, 0.05) is 5.39 Å². The number of carboxylic acid groups (broad SMARTS) is 1. The lowest BCUT2D eigenvalue weighted by molar-refractivity contribution is 0.0699. The van der Waals surface area contributed by atoms with Gasteiger partial charge in [-0.25, -0.2) is 9.18 Å². The summed E-state index contributed by atoms with van der Waals surface area (Å²) in [6, 6.07) is 2.50. The Bertz CT molecular complexity index is 516. The van der Waals surface area contributed by atoms with Crippen LogP contribution in [-0.4, -0.2) is 11.1 Å². The van der Waals surface area contributed by atoms with Gasteiger partial charge in [-0.05, 0) is 30.0 Å². The Hall–Kier alpha value is -1.42. The van der Waals surface area contributed by atoms with E-state index in [9.17, 15) is 9.18 Å². The minimum Gasteiger partial charge on any atom is -0.478 e. The summed E-state index contributed by atoms with van der Waals surface area (Å²) in [5, 5.41) is 11.2. The zero-order chi connectivity index (χ0) is 10.3. The highest BCUT2D eigenvalue weighted by Crippen LogP contribution is 2.30. The molecule has 2 aromatic rings.